The number of allylic oxidation sites excluding steroid dienone is 2. The largest absolute Gasteiger partial charge is 0.346 e. The molecule has 2 nitrogen and oxygen atoms in total. The summed E-state index contributed by atoms with van der Waals surface area (Å²) in [6.07, 6.45) is 15.0. The highest BCUT2D eigenvalue weighted by atomic mass is 16.7. The maximum absolute atomic E-state index is 6.93. The van der Waals surface area contributed by atoms with E-state index in [1.54, 1.807) is 0 Å². The quantitative estimate of drug-likeness (QED) is 0.394. The molecule has 0 N–H and O–H groups in total. The van der Waals surface area contributed by atoms with Crippen LogP contribution in [0.1, 0.15) is 99.3 Å². The first kappa shape index (κ1) is 20.3. The molecule has 10 atom stereocenters. The van der Waals surface area contributed by atoms with E-state index in [2.05, 4.69) is 47.6 Å². The van der Waals surface area contributed by atoms with Crippen molar-refractivity contribution < 1.29 is 9.47 Å². The maximum atomic E-state index is 6.93. The molecule has 0 radical (unpaired) electrons. The Bertz CT molecular complexity index is 769. The van der Waals surface area contributed by atoms with Gasteiger partial charge in [0.1, 0.15) is 0 Å². The molecule has 30 heavy (non-hydrogen) atoms. The lowest BCUT2D eigenvalue weighted by molar-refractivity contribution is -0.253. The zero-order chi connectivity index (χ0) is 21.1. The normalized spacial score (nSPS) is 58.7. The Morgan fingerprint density at radius 3 is 2.50 bits per heavy atom. The van der Waals surface area contributed by atoms with Crippen LogP contribution in [0.4, 0.5) is 0 Å². The molecule has 0 aromatic heterocycles. The molecule has 6 rings (SSSR count). The van der Waals surface area contributed by atoms with Crippen molar-refractivity contribution in [2.45, 2.75) is 117 Å². The fraction of sp³-hybridized carbons (Fsp3) is 0.929. The van der Waals surface area contributed by atoms with Gasteiger partial charge in [0, 0.05) is 12.3 Å². The van der Waals surface area contributed by atoms with Crippen molar-refractivity contribution in [3.05, 3.63) is 11.6 Å². The molecule has 0 aromatic rings. The van der Waals surface area contributed by atoms with Gasteiger partial charge in [0.2, 0.25) is 0 Å². The number of hydrogen-bond acceptors (Lipinski definition) is 2. The Morgan fingerprint density at radius 2 is 1.77 bits per heavy atom. The van der Waals surface area contributed by atoms with E-state index in [4.69, 9.17) is 9.47 Å². The van der Waals surface area contributed by atoms with Crippen molar-refractivity contribution >= 4 is 0 Å². The minimum absolute atomic E-state index is 0.0266. The summed E-state index contributed by atoms with van der Waals surface area (Å²) in [5.74, 6) is 4.36. The number of rotatable bonds is 0. The van der Waals surface area contributed by atoms with E-state index in [9.17, 15) is 0 Å². The molecule has 2 unspecified atom stereocenters. The van der Waals surface area contributed by atoms with Crippen LogP contribution in [-0.4, -0.2) is 17.5 Å². The van der Waals surface area contributed by atoms with Gasteiger partial charge in [0.15, 0.2) is 5.79 Å². The summed E-state index contributed by atoms with van der Waals surface area (Å²) < 4.78 is 13.6. The van der Waals surface area contributed by atoms with Crippen LogP contribution in [0.25, 0.3) is 0 Å². The highest BCUT2D eigenvalue weighted by Crippen LogP contribution is 2.71. The van der Waals surface area contributed by atoms with Crippen LogP contribution in [0.15, 0.2) is 11.6 Å². The van der Waals surface area contributed by atoms with Gasteiger partial charge in [0.25, 0.3) is 0 Å². The molecule has 1 spiro atoms. The van der Waals surface area contributed by atoms with Gasteiger partial charge in [-0.3, -0.25) is 0 Å². The zero-order valence-electron chi connectivity index (χ0n) is 20.3. The lowest BCUT2D eigenvalue weighted by Crippen LogP contribution is -2.53. The third-order valence-electron chi connectivity index (χ3n) is 11.8. The number of ether oxygens (including phenoxy) is 2. The topological polar surface area (TPSA) is 18.5 Å². The van der Waals surface area contributed by atoms with E-state index in [1.165, 1.54) is 44.9 Å². The molecule has 2 heteroatoms. The Morgan fingerprint density at radius 1 is 0.967 bits per heavy atom. The van der Waals surface area contributed by atoms with Gasteiger partial charge >= 0.3 is 0 Å². The van der Waals surface area contributed by atoms with Gasteiger partial charge in [0.05, 0.1) is 11.7 Å². The first-order valence-electron chi connectivity index (χ1n) is 13.2. The van der Waals surface area contributed by atoms with Crippen LogP contribution >= 0.6 is 0 Å². The van der Waals surface area contributed by atoms with Crippen molar-refractivity contribution in [1.29, 1.82) is 0 Å². The van der Waals surface area contributed by atoms with Crippen LogP contribution in [0, 0.1) is 46.3 Å². The molecule has 0 amide bonds. The highest BCUT2D eigenvalue weighted by molar-refractivity contribution is 5.26. The lowest BCUT2D eigenvalue weighted by atomic mass is 9.45. The predicted octanol–water partition coefficient (Wildman–Crippen LogP) is 7.13. The van der Waals surface area contributed by atoms with Gasteiger partial charge in [-0.2, -0.15) is 0 Å². The van der Waals surface area contributed by atoms with Gasteiger partial charge in [-0.1, -0.05) is 39.3 Å². The van der Waals surface area contributed by atoms with Crippen LogP contribution in [0.3, 0.4) is 0 Å². The molecule has 2 heterocycles. The fourth-order valence-corrected chi connectivity index (χ4v) is 10.2. The first-order valence-corrected chi connectivity index (χ1v) is 13.2. The van der Waals surface area contributed by atoms with Crippen molar-refractivity contribution in [1.82, 2.24) is 0 Å². The number of fused-ring (bicyclic) bond motifs is 7. The molecule has 0 aromatic carbocycles. The molecule has 4 aliphatic carbocycles. The van der Waals surface area contributed by atoms with Gasteiger partial charge in [-0.25, -0.2) is 0 Å². The Kier molecular flexibility index (Phi) is 4.16. The molecule has 0 bridgehead atoms. The summed E-state index contributed by atoms with van der Waals surface area (Å²) in [4.78, 5) is 0. The van der Waals surface area contributed by atoms with Crippen molar-refractivity contribution in [3.63, 3.8) is 0 Å². The summed E-state index contributed by atoms with van der Waals surface area (Å²) in [5.41, 5.74) is 2.70. The summed E-state index contributed by atoms with van der Waals surface area (Å²) >= 11 is 0. The van der Waals surface area contributed by atoms with Gasteiger partial charge in [-0.05, 0) is 106 Å². The van der Waals surface area contributed by atoms with Crippen LogP contribution in [-0.2, 0) is 9.47 Å². The maximum Gasteiger partial charge on any atom is 0.172 e. The first-order chi connectivity index (χ1) is 14.1. The van der Waals surface area contributed by atoms with Crippen molar-refractivity contribution in [2.24, 2.45) is 46.3 Å². The second kappa shape index (κ2) is 6.16. The van der Waals surface area contributed by atoms with E-state index >= 15 is 0 Å². The average Bonchev–Trinajstić information content (AvgIpc) is 3.25. The molecule has 3 saturated carbocycles. The lowest BCUT2D eigenvalue weighted by Gasteiger charge is -2.59. The van der Waals surface area contributed by atoms with E-state index in [-0.39, 0.29) is 11.4 Å². The average molecular weight is 413 g/mol. The van der Waals surface area contributed by atoms with Crippen LogP contribution in [0.5, 0.6) is 0 Å². The third kappa shape index (κ3) is 2.39. The smallest absolute Gasteiger partial charge is 0.172 e. The highest BCUT2D eigenvalue weighted by Gasteiger charge is 2.70. The Hall–Kier alpha value is -0.340. The second-order valence-corrected chi connectivity index (χ2v) is 13.3. The summed E-state index contributed by atoms with van der Waals surface area (Å²) in [5, 5.41) is 0. The summed E-state index contributed by atoms with van der Waals surface area (Å²) in [6.45, 7) is 14.8. The summed E-state index contributed by atoms with van der Waals surface area (Å²) in [6, 6.07) is 0. The van der Waals surface area contributed by atoms with E-state index in [0.717, 1.165) is 36.5 Å². The van der Waals surface area contributed by atoms with Gasteiger partial charge < -0.3 is 9.47 Å². The molecule has 5 fully saturated rings. The monoisotopic (exact) mass is 412 g/mol. The Labute approximate surface area is 184 Å². The van der Waals surface area contributed by atoms with Crippen molar-refractivity contribution in [2.75, 3.05) is 0 Å². The third-order valence-corrected chi connectivity index (χ3v) is 11.8. The minimum Gasteiger partial charge on any atom is -0.346 e. The minimum atomic E-state index is -0.298. The Balaban J connectivity index is 1.31. The number of hydrogen-bond donors (Lipinski definition) is 0. The van der Waals surface area contributed by atoms with E-state index < -0.39 is 0 Å². The van der Waals surface area contributed by atoms with Crippen LogP contribution < -0.4 is 0 Å². The molecule has 6 aliphatic rings. The van der Waals surface area contributed by atoms with E-state index in [1.807, 2.05) is 5.57 Å². The van der Waals surface area contributed by atoms with Crippen molar-refractivity contribution in [3.8, 4) is 0 Å². The zero-order valence-corrected chi connectivity index (χ0v) is 20.3. The van der Waals surface area contributed by atoms with Gasteiger partial charge in [-0.15, -0.1) is 0 Å². The summed E-state index contributed by atoms with van der Waals surface area (Å²) in [7, 11) is 0. The van der Waals surface area contributed by atoms with Crippen LogP contribution in [0.2, 0.25) is 0 Å². The SMILES string of the molecule is CC1CCCC2=CC[C@H]3[C@@H]4C[C@@H]5OC6(CCC(C)(C)O6)[C@@H](C)[C@@H]5[C@@]4(C)CC[C@@H]3[C@]21C. The standard InChI is InChI=1S/C28H44O2/c1-17-8-7-9-19-10-11-20-21(27(17,19)6)12-13-26(5)22(20)16-23-24(26)18(2)28(29-23)15-14-25(3,4)30-28/h10,17-18,20-24H,7-9,11-16H2,1-6H3/t17?,18-,20+,21-,22-,23-,24-,26-,27-,28?/m0/s1. The molecule has 168 valence electrons. The second-order valence-electron chi connectivity index (χ2n) is 13.3. The van der Waals surface area contributed by atoms with E-state index in [0.29, 0.717) is 28.8 Å². The molecular formula is C28H44O2. The molecule has 2 saturated heterocycles. The predicted molar refractivity (Wildman–Crippen MR) is 121 cm³/mol. The molecular weight excluding hydrogens is 368 g/mol. The fourth-order valence-electron chi connectivity index (χ4n) is 10.2. The molecule has 2 aliphatic heterocycles.